The second-order valence-electron chi connectivity index (χ2n) is 3.87. The summed E-state index contributed by atoms with van der Waals surface area (Å²) < 4.78 is 41.6. The number of aliphatic hydroxyl groups excluding tert-OH is 2. The third-order valence-corrected chi connectivity index (χ3v) is 4.07. The maximum Gasteiger partial charge on any atom is 0.481 e. The van der Waals surface area contributed by atoms with Crippen molar-refractivity contribution in [3.8, 4) is 0 Å². The van der Waals surface area contributed by atoms with Crippen LogP contribution in [0.1, 0.15) is 6.92 Å². The number of rotatable bonds is 8. The number of aldehydes is 1. The fourth-order valence-corrected chi connectivity index (χ4v) is 2.75. The molecular formula is C7H18FN3O10P2. The largest absolute Gasteiger partial charge is 0.481 e. The summed E-state index contributed by atoms with van der Waals surface area (Å²) in [6.07, 6.45) is -8.90. The summed E-state index contributed by atoms with van der Waals surface area (Å²) in [6, 6.07) is 0. The number of carbonyl (C=O) groups excluding carboxylic acids is 1. The van der Waals surface area contributed by atoms with Crippen molar-refractivity contribution in [3.63, 3.8) is 0 Å². The Morgan fingerprint density at radius 2 is 1.61 bits per heavy atom. The van der Waals surface area contributed by atoms with E-state index < -0.39 is 40.1 Å². The first-order valence-corrected chi connectivity index (χ1v) is 8.48. The highest BCUT2D eigenvalue weighted by molar-refractivity contribution is 7.60. The molecule has 0 rings (SSSR count). The van der Waals surface area contributed by atoms with E-state index in [0.29, 0.717) is 0 Å². The van der Waals surface area contributed by atoms with Gasteiger partial charge in [0.2, 0.25) is 0 Å². The molecule has 0 amide bonds. The molecule has 0 aliphatic carbocycles. The third kappa shape index (κ3) is 13.2. The normalized spacial score (nSPS) is 19.3. The molecule has 0 aromatic heterocycles. The van der Waals surface area contributed by atoms with Gasteiger partial charge in [0.1, 0.15) is 12.2 Å². The van der Waals surface area contributed by atoms with E-state index in [2.05, 4.69) is 20.3 Å². The molecular weight excluding hydrogens is 367 g/mol. The highest BCUT2D eigenvalue weighted by Gasteiger charge is 2.38. The summed E-state index contributed by atoms with van der Waals surface area (Å²) >= 11 is 0. The molecule has 0 bridgehead atoms. The fraction of sp³-hybridized carbons (Fsp3) is 0.714. The summed E-state index contributed by atoms with van der Waals surface area (Å²) in [5, 5.41) is 24.4. The van der Waals surface area contributed by atoms with Crippen LogP contribution in [-0.4, -0.2) is 61.6 Å². The first-order valence-electron chi connectivity index (χ1n) is 5.46. The summed E-state index contributed by atoms with van der Waals surface area (Å²) in [5.41, 5.74) is 8.94. The molecule has 13 nitrogen and oxygen atoms in total. The van der Waals surface area contributed by atoms with Crippen LogP contribution in [0.25, 0.3) is 0 Å². The summed E-state index contributed by atoms with van der Waals surface area (Å²) in [4.78, 5) is 35.5. The third-order valence-electron chi connectivity index (χ3n) is 1.80. The van der Waals surface area contributed by atoms with E-state index >= 15 is 0 Å². The standard InChI is InChI=1S/C6H13FO10P2.CH5N3/c1-3(5(9)6(10)4(7)2-8)16-19(14,15)17-18(11,12)13;2-1(3)4/h2-6,9-10H,1H3,(H,14,15)(H2,11,12,13);(H5,2,3,4)/t3-,4+,5+,6-;/m0./s1. The minimum atomic E-state index is -5.33. The Hall–Kier alpha value is -0.950. The van der Waals surface area contributed by atoms with Gasteiger partial charge in [-0.2, -0.15) is 4.31 Å². The second-order valence-corrected chi connectivity index (χ2v) is 6.65. The van der Waals surface area contributed by atoms with Crippen molar-refractivity contribution in [1.29, 1.82) is 5.41 Å². The Morgan fingerprint density at radius 1 is 1.22 bits per heavy atom. The Kier molecular flexibility index (Phi) is 10.6. The molecule has 1 unspecified atom stereocenters. The predicted molar refractivity (Wildman–Crippen MR) is 72.6 cm³/mol. The fourth-order valence-electron chi connectivity index (χ4n) is 0.973. The number of hydrogen-bond donors (Lipinski definition) is 8. The van der Waals surface area contributed by atoms with E-state index in [9.17, 15) is 23.4 Å². The van der Waals surface area contributed by atoms with Crippen LogP contribution in [0, 0.1) is 5.41 Å². The molecule has 0 saturated heterocycles. The van der Waals surface area contributed by atoms with Crippen LogP contribution in [0.2, 0.25) is 0 Å². The van der Waals surface area contributed by atoms with Crippen molar-refractivity contribution >= 4 is 27.9 Å². The molecule has 16 heteroatoms. The van der Waals surface area contributed by atoms with Crippen LogP contribution in [0.5, 0.6) is 0 Å². The molecule has 0 saturated carbocycles. The lowest BCUT2D eigenvalue weighted by atomic mass is 10.1. The van der Waals surface area contributed by atoms with Gasteiger partial charge in [0.15, 0.2) is 18.4 Å². The first-order chi connectivity index (χ1) is 10.1. The van der Waals surface area contributed by atoms with Crippen LogP contribution in [-0.2, 0) is 22.8 Å². The predicted octanol–water partition coefficient (Wildman–Crippen LogP) is -2.30. The molecule has 10 N–H and O–H groups in total. The molecule has 0 aromatic carbocycles. The van der Waals surface area contributed by atoms with Gasteiger partial charge in [0.25, 0.3) is 0 Å². The molecule has 0 radical (unpaired) electrons. The lowest BCUT2D eigenvalue weighted by Crippen LogP contribution is -2.43. The minimum Gasteiger partial charge on any atom is -0.388 e. The number of aliphatic hydroxyl groups is 2. The molecule has 0 heterocycles. The Labute approximate surface area is 129 Å². The lowest BCUT2D eigenvalue weighted by molar-refractivity contribution is -0.123. The number of phosphoric acid groups is 2. The topological polar surface area (TPSA) is 247 Å². The summed E-state index contributed by atoms with van der Waals surface area (Å²) in [7, 11) is -10.6. The van der Waals surface area contributed by atoms with Gasteiger partial charge in [-0.25, -0.2) is 13.5 Å². The zero-order valence-corrected chi connectivity index (χ0v) is 13.4. The van der Waals surface area contributed by atoms with Gasteiger partial charge in [-0.15, -0.1) is 0 Å². The van der Waals surface area contributed by atoms with Crippen molar-refractivity contribution in [3.05, 3.63) is 0 Å². The van der Waals surface area contributed by atoms with Crippen molar-refractivity contribution in [2.45, 2.75) is 31.4 Å². The van der Waals surface area contributed by atoms with E-state index in [0.717, 1.165) is 6.92 Å². The number of carbonyl (C=O) groups is 1. The highest BCUT2D eigenvalue weighted by Crippen LogP contribution is 2.58. The van der Waals surface area contributed by atoms with E-state index in [1.165, 1.54) is 0 Å². The SMILES string of the molecule is C[C@H](OP(=O)(O)OP(=O)(O)O)[C@@H](O)[C@@H](O)[C@H](F)C=O.N=C(N)N. The molecule has 0 aliphatic heterocycles. The van der Waals surface area contributed by atoms with Crippen LogP contribution >= 0.6 is 15.6 Å². The van der Waals surface area contributed by atoms with Crippen molar-refractivity contribution in [2.24, 2.45) is 11.5 Å². The van der Waals surface area contributed by atoms with Gasteiger partial charge in [0.05, 0.1) is 6.10 Å². The van der Waals surface area contributed by atoms with E-state index in [4.69, 9.17) is 25.2 Å². The lowest BCUT2D eigenvalue weighted by Gasteiger charge is -2.25. The van der Waals surface area contributed by atoms with Gasteiger partial charge in [-0.3, -0.25) is 9.93 Å². The molecule has 23 heavy (non-hydrogen) atoms. The summed E-state index contributed by atoms with van der Waals surface area (Å²) in [6.45, 7) is 0.886. The maximum absolute atomic E-state index is 12.7. The van der Waals surface area contributed by atoms with E-state index in [1.807, 2.05) is 0 Å². The monoisotopic (exact) mass is 385 g/mol. The highest BCUT2D eigenvalue weighted by atomic mass is 31.3. The van der Waals surface area contributed by atoms with Crippen molar-refractivity contribution in [1.82, 2.24) is 0 Å². The number of nitrogens with two attached hydrogens (primary N) is 2. The van der Waals surface area contributed by atoms with Crippen molar-refractivity contribution < 1.29 is 52.0 Å². The quantitative estimate of drug-likeness (QED) is 0.0950. The molecule has 5 atom stereocenters. The maximum atomic E-state index is 12.7. The molecule has 0 aromatic rings. The van der Waals surface area contributed by atoms with Gasteiger partial charge in [-0.1, -0.05) is 0 Å². The average molecular weight is 385 g/mol. The van der Waals surface area contributed by atoms with Crippen molar-refractivity contribution in [2.75, 3.05) is 0 Å². The Morgan fingerprint density at radius 3 is 1.91 bits per heavy atom. The van der Waals surface area contributed by atoms with Crippen LogP contribution in [0.15, 0.2) is 0 Å². The zero-order valence-electron chi connectivity index (χ0n) is 11.6. The number of hydrogen-bond acceptors (Lipinski definition) is 8. The second kappa shape index (κ2) is 10.0. The van der Waals surface area contributed by atoms with Crippen LogP contribution < -0.4 is 11.5 Å². The van der Waals surface area contributed by atoms with E-state index in [1.54, 1.807) is 0 Å². The number of nitrogens with one attached hydrogen (secondary N) is 1. The minimum absolute atomic E-state index is 0.314. The number of phosphoric ester groups is 1. The molecule has 138 valence electrons. The van der Waals surface area contributed by atoms with Gasteiger partial charge < -0.3 is 41.2 Å². The summed E-state index contributed by atoms with van der Waals surface area (Å²) in [5.74, 6) is -0.333. The Balaban J connectivity index is 0. The van der Waals surface area contributed by atoms with Gasteiger partial charge in [0, 0.05) is 0 Å². The smallest absolute Gasteiger partial charge is 0.388 e. The first kappa shape index (κ1) is 24.3. The van der Waals surface area contributed by atoms with Gasteiger partial charge in [-0.05, 0) is 6.92 Å². The number of halogens is 1. The number of guanidine groups is 1. The van der Waals surface area contributed by atoms with E-state index in [-0.39, 0.29) is 12.2 Å². The molecule has 0 spiro atoms. The number of alkyl halides is 1. The Bertz CT molecular complexity index is 483. The average Bonchev–Trinajstić information content (AvgIpc) is 2.31. The van der Waals surface area contributed by atoms with Crippen LogP contribution in [0.3, 0.4) is 0 Å². The molecule has 0 aliphatic rings. The van der Waals surface area contributed by atoms with Crippen LogP contribution in [0.4, 0.5) is 4.39 Å². The van der Waals surface area contributed by atoms with Gasteiger partial charge >= 0.3 is 15.6 Å². The zero-order chi connectivity index (χ0) is 19.0. The molecule has 0 fully saturated rings.